The topological polar surface area (TPSA) is 59.8 Å². The van der Waals surface area contributed by atoms with Crippen molar-refractivity contribution in [2.24, 2.45) is 0 Å². The molecule has 0 radical (unpaired) electrons. The molecule has 0 aliphatic heterocycles. The van der Waals surface area contributed by atoms with Crippen LogP contribution in [0.4, 0.5) is 5.69 Å². The highest BCUT2D eigenvalue weighted by Gasteiger charge is 2.17. The Morgan fingerprint density at radius 3 is 2.57 bits per heavy atom. The molecule has 0 atom stereocenters. The van der Waals surface area contributed by atoms with E-state index in [1.807, 2.05) is 54.6 Å². The average Bonchev–Trinajstić information content (AvgIpc) is 3.35. The Kier molecular flexibility index (Phi) is 4.73. The minimum Gasteiger partial charge on any atom is -0.321 e. The number of fused-ring (bicyclic) bond motifs is 2. The van der Waals surface area contributed by atoms with Crippen molar-refractivity contribution in [3.8, 4) is 5.69 Å². The van der Waals surface area contributed by atoms with Crippen molar-refractivity contribution >= 4 is 55.7 Å². The van der Waals surface area contributed by atoms with Crippen molar-refractivity contribution in [3.63, 3.8) is 0 Å². The van der Waals surface area contributed by atoms with Crippen LogP contribution in [0.3, 0.4) is 0 Å². The molecule has 0 aliphatic carbocycles. The van der Waals surface area contributed by atoms with E-state index in [1.165, 1.54) is 16.9 Å². The second-order valence-corrected chi connectivity index (χ2v) is 8.34. The first-order chi connectivity index (χ1) is 14.6. The van der Waals surface area contributed by atoms with Gasteiger partial charge < -0.3 is 5.32 Å². The van der Waals surface area contributed by atoms with E-state index in [4.69, 9.17) is 11.6 Å². The summed E-state index contributed by atoms with van der Waals surface area (Å²) in [6, 6.07) is 21.4. The molecule has 0 fully saturated rings. The molecule has 0 saturated carbocycles. The van der Waals surface area contributed by atoms with E-state index in [0.717, 1.165) is 27.7 Å². The van der Waals surface area contributed by atoms with E-state index in [9.17, 15) is 4.79 Å². The zero-order chi connectivity index (χ0) is 20.7. The highest BCUT2D eigenvalue weighted by atomic mass is 35.5. The Morgan fingerprint density at radius 1 is 1.03 bits per heavy atom. The molecular formula is C23H17ClN4OS. The number of hydrogen-bond donors (Lipinski definition) is 1. The number of amides is 1. The molecule has 7 heteroatoms. The molecule has 3 aromatic carbocycles. The number of halogens is 1. The van der Waals surface area contributed by atoms with E-state index in [0.29, 0.717) is 21.1 Å². The summed E-state index contributed by atoms with van der Waals surface area (Å²) in [7, 11) is 0. The maximum Gasteiger partial charge on any atom is 0.267 e. The zero-order valence-electron chi connectivity index (χ0n) is 16.1. The Hall–Kier alpha value is -3.22. The SMILES string of the molecule is CCc1ccc(-n2nc3ccc(NC(=O)c4sc5ccccc5c4Cl)cc3n2)cc1. The van der Waals surface area contributed by atoms with Gasteiger partial charge in [0.25, 0.3) is 5.91 Å². The molecule has 0 aliphatic rings. The number of rotatable bonds is 4. The maximum absolute atomic E-state index is 12.8. The molecule has 30 heavy (non-hydrogen) atoms. The number of nitrogens with one attached hydrogen (secondary N) is 1. The van der Waals surface area contributed by atoms with Crippen LogP contribution in [-0.2, 0) is 6.42 Å². The van der Waals surface area contributed by atoms with E-state index >= 15 is 0 Å². The first kappa shape index (κ1) is 18.8. The van der Waals surface area contributed by atoms with Crippen molar-refractivity contribution in [2.75, 3.05) is 5.32 Å². The van der Waals surface area contributed by atoms with Gasteiger partial charge in [-0.1, -0.05) is 48.9 Å². The Labute approximate surface area is 181 Å². The Morgan fingerprint density at radius 2 is 1.80 bits per heavy atom. The molecular weight excluding hydrogens is 416 g/mol. The first-order valence-corrected chi connectivity index (χ1v) is 10.8. The van der Waals surface area contributed by atoms with Gasteiger partial charge in [0.05, 0.1) is 10.7 Å². The minimum atomic E-state index is -0.233. The van der Waals surface area contributed by atoms with Crippen LogP contribution >= 0.6 is 22.9 Å². The van der Waals surface area contributed by atoms with Crippen LogP contribution in [0, 0.1) is 0 Å². The van der Waals surface area contributed by atoms with Gasteiger partial charge in [0.1, 0.15) is 15.9 Å². The number of benzene rings is 3. The molecule has 1 N–H and O–H groups in total. The van der Waals surface area contributed by atoms with E-state index in [-0.39, 0.29) is 5.91 Å². The number of aryl methyl sites for hydroxylation is 1. The molecule has 0 unspecified atom stereocenters. The van der Waals surface area contributed by atoms with Gasteiger partial charge >= 0.3 is 0 Å². The lowest BCUT2D eigenvalue weighted by atomic mass is 10.2. The number of carbonyl (C=O) groups excluding carboxylic acids is 1. The van der Waals surface area contributed by atoms with Crippen molar-refractivity contribution in [2.45, 2.75) is 13.3 Å². The van der Waals surface area contributed by atoms with Crippen LogP contribution < -0.4 is 5.32 Å². The fourth-order valence-corrected chi connectivity index (χ4v) is 4.73. The predicted molar refractivity (Wildman–Crippen MR) is 123 cm³/mol. The van der Waals surface area contributed by atoms with E-state index < -0.39 is 0 Å². The average molecular weight is 433 g/mol. The van der Waals surface area contributed by atoms with Gasteiger partial charge in [-0.3, -0.25) is 4.79 Å². The molecule has 2 heterocycles. The summed E-state index contributed by atoms with van der Waals surface area (Å²) in [6.45, 7) is 2.12. The fraction of sp³-hybridized carbons (Fsp3) is 0.0870. The smallest absolute Gasteiger partial charge is 0.267 e. The maximum atomic E-state index is 12.8. The Bertz CT molecular complexity index is 1390. The van der Waals surface area contributed by atoms with Crippen molar-refractivity contribution < 1.29 is 4.79 Å². The summed E-state index contributed by atoms with van der Waals surface area (Å²) < 4.78 is 0.986. The molecule has 1 amide bonds. The van der Waals surface area contributed by atoms with Crippen LogP contribution in [0.5, 0.6) is 0 Å². The molecule has 5 aromatic rings. The quantitative estimate of drug-likeness (QED) is 0.373. The molecule has 5 rings (SSSR count). The second kappa shape index (κ2) is 7.55. The molecule has 148 valence electrons. The summed E-state index contributed by atoms with van der Waals surface area (Å²) >= 11 is 7.81. The first-order valence-electron chi connectivity index (χ1n) is 9.57. The highest BCUT2D eigenvalue weighted by Crippen LogP contribution is 2.35. The summed E-state index contributed by atoms with van der Waals surface area (Å²) in [5.41, 5.74) is 4.27. The normalized spacial score (nSPS) is 11.3. The summed E-state index contributed by atoms with van der Waals surface area (Å²) in [5, 5.41) is 13.4. The lowest BCUT2D eigenvalue weighted by Gasteiger charge is -2.03. The van der Waals surface area contributed by atoms with Crippen LogP contribution in [0.1, 0.15) is 22.2 Å². The molecule has 0 spiro atoms. The lowest BCUT2D eigenvalue weighted by molar-refractivity contribution is 0.103. The summed E-state index contributed by atoms with van der Waals surface area (Å²) in [6.07, 6.45) is 0.988. The molecule has 2 aromatic heterocycles. The van der Waals surface area contributed by atoms with E-state index in [1.54, 1.807) is 4.80 Å². The number of nitrogens with zero attached hydrogens (tertiary/aromatic N) is 3. The monoisotopic (exact) mass is 432 g/mol. The van der Waals surface area contributed by atoms with Gasteiger partial charge in [-0.2, -0.15) is 4.80 Å². The van der Waals surface area contributed by atoms with Crippen LogP contribution in [0.2, 0.25) is 5.02 Å². The minimum absolute atomic E-state index is 0.233. The van der Waals surface area contributed by atoms with Gasteiger partial charge in [0.15, 0.2) is 0 Å². The molecule has 5 nitrogen and oxygen atoms in total. The zero-order valence-corrected chi connectivity index (χ0v) is 17.7. The molecule has 0 bridgehead atoms. The lowest BCUT2D eigenvalue weighted by Crippen LogP contribution is -2.10. The van der Waals surface area contributed by atoms with Crippen molar-refractivity contribution in [1.29, 1.82) is 0 Å². The number of anilines is 1. The number of carbonyl (C=O) groups is 1. The van der Waals surface area contributed by atoms with Crippen LogP contribution in [0.25, 0.3) is 26.8 Å². The standard InChI is InChI=1S/C23H17ClN4OS/c1-2-14-7-10-16(11-8-14)28-26-18-12-9-15(13-19(18)27-28)25-23(29)22-21(24)17-5-3-4-6-20(17)30-22/h3-13H,2H2,1H3,(H,25,29). The van der Waals surface area contributed by atoms with Crippen LogP contribution in [-0.4, -0.2) is 20.9 Å². The van der Waals surface area contributed by atoms with E-state index in [2.05, 4.69) is 34.6 Å². The largest absolute Gasteiger partial charge is 0.321 e. The second-order valence-electron chi connectivity index (χ2n) is 6.91. The highest BCUT2D eigenvalue weighted by molar-refractivity contribution is 7.21. The fourth-order valence-electron chi connectivity index (χ4n) is 3.32. The van der Waals surface area contributed by atoms with Crippen molar-refractivity contribution in [3.05, 3.63) is 82.2 Å². The van der Waals surface area contributed by atoms with Gasteiger partial charge in [-0.05, 0) is 48.4 Å². The number of thiophene rings is 1. The summed E-state index contributed by atoms with van der Waals surface area (Å²) in [5.74, 6) is -0.233. The van der Waals surface area contributed by atoms with Gasteiger partial charge in [-0.15, -0.1) is 21.5 Å². The molecule has 0 saturated heterocycles. The van der Waals surface area contributed by atoms with Gasteiger partial charge in [0.2, 0.25) is 0 Å². The van der Waals surface area contributed by atoms with Gasteiger partial charge in [-0.25, -0.2) is 0 Å². The van der Waals surface area contributed by atoms with Crippen molar-refractivity contribution in [1.82, 2.24) is 15.0 Å². The van der Waals surface area contributed by atoms with Crippen LogP contribution in [0.15, 0.2) is 66.7 Å². The third-order valence-corrected chi connectivity index (χ3v) is 6.63. The third-order valence-electron chi connectivity index (χ3n) is 4.95. The Balaban J connectivity index is 1.43. The summed E-state index contributed by atoms with van der Waals surface area (Å²) in [4.78, 5) is 14.9. The predicted octanol–water partition coefficient (Wildman–Crippen LogP) is 6.10. The van der Waals surface area contributed by atoms with Gasteiger partial charge in [0, 0.05) is 15.8 Å². The number of aromatic nitrogens is 3. The number of hydrogen-bond acceptors (Lipinski definition) is 4. The third kappa shape index (κ3) is 3.34.